The first-order valence-corrected chi connectivity index (χ1v) is 5.51. The van der Waals surface area contributed by atoms with Gasteiger partial charge in [0.15, 0.2) is 0 Å². The van der Waals surface area contributed by atoms with E-state index < -0.39 is 0 Å². The fourth-order valence-electron chi connectivity index (χ4n) is 1.33. The zero-order valence-corrected chi connectivity index (χ0v) is 10.2. The molecule has 1 N–H and O–H groups in total. The minimum absolute atomic E-state index is 0.193. The maximum Gasteiger partial charge on any atom is 0.0900 e. The van der Waals surface area contributed by atoms with Gasteiger partial charge in [-0.15, -0.1) is 0 Å². The molecule has 0 fully saturated rings. The molecule has 14 heavy (non-hydrogen) atoms. The van der Waals surface area contributed by atoms with Crippen molar-refractivity contribution in [1.29, 1.82) is 0 Å². The molecule has 0 spiro atoms. The second-order valence-electron chi connectivity index (χ2n) is 4.22. The highest BCUT2D eigenvalue weighted by molar-refractivity contribution is 4.66. The molecule has 0 saturated carbocycles. The quantitative estimate of drug-likeness (QED) is 0.680. The lowest BCUT2D eigenvalue weighted by Crippen LogP contribution is -2.39. The predicted octanol–water partition coefficient (Wildman–Crippen LogP) is 1.50. The SMILES string of the molecule is CCN(CC(O)COC(C)C)C(C)C. The van der Waals surface area contributed by atoms with Crippen molar-refractivity contribution >= 4 is 0 Å². The molecule has 0 aliphatic carbocycles. The second kappa shape index (κ2) is 7.21. The Kier molecular flexibility index (Phi) is 7.15. The third-order valence-electron chi connectivity index (χ3n) is 2.20. The number of nitrogens with zero attached hydrogens (tertiary/aromatic N) is 1. The van der Waals surface area contributed by atoms with Crippen molar-refractivity contribution in [3.8, 4) is 0 Å². The summed E-state index contributed by atoms with van der Waals surface area (Å²) in [5.41, 5.74) is 0. The molecule has 0 rings (SSSR count). The van der Waals surface area contributed by atoms with Crippen LogP contribution in [0.4, 0.5) is 0 Å². The summed E-state index contributed by atoms with van der Waals surface area (Å²) in [6.07, 6.45) is -0.182. The highest BCUT2D eigenvalue weighted by atomic mass is 16.5. The molecule has 0 saturated heterocycles. The molecule has 86 valence electrons. The van der Waals surface area contributed by atoms with E-state index in [2.05, 4.69) is 25.7 Å². The minimum atomic E-state index is -0.375. The fourth-order valence-corrected chi connectivity index (χ4v) is 1.33. The van der Waals surface area contributed by atoms with Crippen molar-refractivity contribution in [3.63, 3.8) is 0 Å². The summed E-state index contributed by atoms with van der Waals surface area (Å²) in [6, 6.07) is 0.480. The zero-order chi connectivity index (χ0) is 11.1. The summed E-state index contributed by atoms with van der Waals surface area (Å²) in [5, 5.41) is 9.68. The second-order valence-corrected chi connectivity index (χ2v) is 4.22. The Labute approximate surface area is 88.1 Å². The lowest BCUT2D eigenvalue weighted by Gasteiger charge is -2.27. The third kappa shape index (κ3) is 6.35. The van der Waals surface area contributed by atoms with Gasteiger partial charge in [-0.05, 0) is 34.2 Å². The Morgan fingerprint density at radius 2 is 1.79 bits per heavy atom. The molecule has 1 atom stereocenters. The molecule has 0 aliphatic rings. The van der Waals surface area contributed by atoms with Gasteiger partial charge in [-0.3, -0.25) is 4.90 Å². The van der Waals surface area contributed by atoms with Gasteiger partial charge in [0.2, 0.25) is 0 Å². The van der Waals surface area contributed by atoms with Crippen LogP contribution in [-0.2, 0) is 4.74 Å². The van der Waals surface area contributed by atoms with E-state index in [0.29, 0.717) is 19.2 Å². The summed E-state index contributed by atoms with van der Waals surface area (Å²) >= 11 is 0. The third-order valence-corrected chi connectivity index (χ3v) is 2.20. The first-order chi connectivity index (χ1) is 6.47. The number of rotatable bonds is 7. The van der Waals surface area contributed by atoms with Crippen LogP contribution in [-0.4, -0.2) is 48.0 Å². The van der Waals surface area contributed by atoms with Crippen molar-refractivity contribution in [2.45, 2.75) is 52.9 Å². The van der Waals surface area contributed by atoms with Gasteiger partial charge < -0.3 is 9.84 Å². The topological polar surface area (TPSA) is 32.7 Å². The van der Waals surface area contributed by atoms with E-state index in [1.807, 2.05) is 13.8 Å². The number of hydrogen-bond donors (Lipinski definition) is 1. The summed E-state index contributed by atoms with van der Waals surface area (Å²) in [6.45, 7) is 12.4. The van der Waals surface area contributed by atoms with Crippen LogP contribution in [0.15, 0.2) is 0 Å². The first-order valence-electron chi connectivity index (χ1n) is 5.51. The van der Waals surface area contributed by atoms with Gasteiger partial charge in [0.25, 0.3) is 0 Å². The Morgan fingerprint density at radius 1 is 1.21 bits per heavy atom. The fraction of sp³-hybridized carbons (Fsp3) is 1.00. The van der Waals surface area contributed by atoms with Crippen molar-refractivity contribution in [1.82, 2.24) is 4.90 Å². The standard InChI is InChI=1S/C11H25NO2/c1-6-12(9(2)3)7-11(13)8-14-10(4)5/h9-11,13H,6-8H2,1-5H3. The number of likely N-dealkylation sites (N-methyl/N-ethyl adjacent to an activating group) is 1. The van der Waals surface area contributed by atoms with Crippen LogP contribution in [0, 0.1) is 0 Å². The van der Waals surface area contributed by atoms with Crippen molar-refractivity contribution in [2.75, 3.05) is 19.7 Å². The van der Waals surface area contributed by atoms with Crippen molar-refractivity contribution in [3.05, 3.63) is 0 Å². The predicted molar refractivity (Wildman–Crippen MR) is 59.5 cm³/mol. The van der Waals surface area contributed by atoms with Crippen molar-refractivity contribution in [2.24, 2.45) is 0 Å². The van der Waals surface area contributed by atoms with Crippen LogP contribution in [0.1, 0.15) is 34.6 Å². The number of ether oxygens (including phenoxy) is 1. The molecule has 0 aromatic rings. The molecular weight excluding hydrogens is 178 g/mol. The molecule has 0 bridgehead atoms. The molecule has 0 heterocycles. The number of aliphatic hydroxyl groups is 1. The van der Waals surface area contributed by atoms with E-state index in [1.165, 1.54) is 0 Å². The van der Waals surface area contributed by atoms with Crippen molar-refractivity contribution < 1.29 is 9.84 Å². The van der Waals surface area contributed by atoms with Crippen LogP contribution < -0.4 is 0 Å². The zero-order valence-electron chi connectivity index (χ0n) is 10.2. The number of aliphatic hydroxyl groups excluding tert-OH is 1. The van der Waals surface area contributed by atoms with Crippen LogP contribution >= 0.6 is 0 Å². The Morgan fingerprint density at radius 3 is 2.14 bits per heavy atom. The largest absolute Gasteiger partial charge is 0.389 e. The maximum atomic E-state index is 9.68. The molecule has 1 unspecified atom stereocenters. The molecule has 0 aliphatic heterocycles. The van der Waals surface area contributed by atoms with E-state index >= 15 is 0 Å². The lowest BCUT2D eigenvalue weighted by atomic mass is 10.2. The van der Waals surface area contributed by atoms with Gasteiger partial charge in [-0.2, -0.15) is 0 Å². The Hall–Kier alpha value is -0.120. The molecule has 0 aromatic heterocycles. The van der Waals surface area contributed by atoms with Crippen LogP contribution in [0.3, 0.4) is 0 Å². The van der Waals surface area contributed by atoms with E-state index in [0.717, 1.165) is 6.54 Å². The normalized spacial score (nSPS) is 14.4. The van der Waals surface area contributed by atoms with E-state index in [9.17, 15) is 5.11 Å². The summed E-state index contributed by atoms with van der Waals surface area (Å²) in [7, 11) is 0. The Bertz CT molecular complexity index is 137. The first kappa shape index (κ1) is 13.9. The summed E-state index contributed by atoms with van der Waals surface area (Å²) in [5.74, 6) is 0. The highest BCUT2D eigenvalue weighted by Gasteiger charge is 2.13. The van der Waals surface area contributed by atoms with Crippen LogP contribution in [0.5, 0.6) is 0 Å². The van der Waals surface area contributed by atoms with E-state index in [4.69, 9.17) is 4.74 Å². The van der Waals surface area contributed by atoms with Gasteiger partial charge in [-0.1, -0.05) is 6.92 Å². The average Bonchev–Trinajstić information content (AvgIpc) is 2.10. The molecule has 0 amide bonds. The minimum Gasteiger partial charge on any atom is -0.389 e. The smallest absolute Gasteiger partial charge is 0.0900 e. The van der Waals surface area contributed by atoms with Gasteiger partial charge in [-0.25, -0.2) is 0 Å². The maximum absolute atomic E-state index is 9.68. The molecule has 0 aromatic carbocycles. The summed E-state index contributed by atoms with van der Waals surface area (Å²) in [4.78, 5) is 2.23. The number of hydrogen-bond acceptors (Lipinski definition) is 3. The van der Waals surface area contributed by atoms with Gasteiger partial charge in [0.1, 0.15) is 0 Å². The summed E-state index contributed by atoms with van der Waals surface area (Å²) < 4.78 is 5.35. The monoisotopic (exact) mass is 203 g/mol. The lowest BCUT2D eigenvalue weighted by molar-refractivity contribution is -0.0115. The molecular formula is C11H25NO2. The highest BCUT2D eigenvalue weighted by Crippen LogP contribution is 2.00. The molecule has 3 heteroatoms. The molecule has 0 radical (unpaired) electrons. The van der Waals surface area contributed by atoms with Crippen LogP contribution in [0.25, 0.3) is 0 Å². The Balaban J connectivity index is 3.73. The average molecular weight is 203 g/mol. The van der Waals surface area contributed by atoms with Gasteiger partial charge >= 0.3 is 0 Å². The van der Waals surface area contributed by atoms with Crippen LogP contribution in [0.2, 0.25) is 0 Å². The van der Waals surface area contributed by atoms with Gasteiger partial charge in [0, 0.05) is 12.6 Å². The van der Waals surface area contributed by atoms with E-state index in [-0.39, 0.29) is 12.2 Å². The van der Waals surface area contributed by atoms with Gasteiger partial charge in [0.05, 0.1) is 18.8 Å². The van der Waals surface area contributed by atoms with E-state index in [1.54, 1.807) is 0 Å². The molecule has 3 nitrogen and oxygen atoms in total.